The predicted molar refractivity (Wildman–Crippen MR) is 65.7 cm³/mol. The van der Waals surface area contributed by atoms with Crippen LogP contribution in [0.2, 0.25) is 0 Å². The van der Waals surface area contributed by atoms with Crippen LogP contribution in [0.25, 0.3) is 0 Å². The van der Waals surface area contributed by atoms with Gasteiger partial charge in [-0.2, -0.15) is 5.10 Å². The number of hydrogen-bond acceptors (Lipinski definition) is 4. The molecule has 2 N–H and O–H groups in total. The molecule has 1 rings (SSSR count). The summed E-state index contributed by atoms with van der Waals surface area (Å²) < 4.78 is 4.94. The number of esters is 1. The minimum atomic E-state index is -0.342. The van der Waals surface area contributed by atoms with E-state index >= 15 is 0 Å². The topological polar surface area (TPSA) is 67.0 Å². The van der Waals surface area contributed by atoms with Gasteiger partial charge in [0, 0.05) is 12.1 Å². The number of rotatable bonds is 7. The Labute approximate surface area is 102 Å². The van der Waals surface area contributed by atoms with Crippen LogP contribution in [0.15, 0.2) is 6.20 Å². The van der Waals surface area contributed by atoms with Crippen LogP contribution in [0.1, 0.15) is 43.2 Å². The molecule has 96 valence electrons. The molecule has 0 bridgehead atoms. The second-order valence-corrected chi connectivity index (χ2v) is 4.14. The van der Waals surface area contributed by atoms with Crippen LogP contribution < -0.4 is 5.32 Å². The van der Waals surface area contributed by atoms with E-state index in [1.807, 2.05) is 0 Å². The predicted octanol–water partition coefficient (Wildman–Crippen LogP) is 1.72. The molecule has 17 heavy (non-hydrogen) atoms. The van der Waals surface area contributed by atoms with Crippen LogP contribution in [0.5, 0.6) is 0 Å². The highest BCUT2D eigenvalue weighted by Crippen LogP contribution is 2.07. The number of hydrogen-bond donors (Lipinski definition) is 2. The number of carbonyl (C=O) groups is 1. The molecule has 1 aromatic heterocycles. The standard InChI is InChI=1S/C12H21N3O2/c1-4-9(3)6-13-7-10-8-14-15-11(10)12(16)17-5-2/h8-9,13H,4-7H2,1-3H3,(H,14,15). The number of H-pyrrole nitrogens is 1. The van der Waals surface area contributed by atoms with Crippen LogP contribution in [0, 0.1) is 5.92 Å². The first kappa shape index (κ1) is 13.7. The first-order valence-electron chi connectivity index (χ1n) is 6.09. The van der Waals surface area contributed by atoms with Crippen LogP contribution in [0.3, 0.4) is 0 Å². The number of aromatic amines is 1. The zero-order valence-corrected chi connectivity index (χ0v) is 10.7. The lowest BCUT2D eigenvalue weighted by Crippen LogP contribution is -2.21. The summed E-state index contributed by atoms with van der Waals surface area (Å²) in [6.45, 7) is 8.08. The Balaban J connectivity index is 2.48. The Hall–Kier alpha value is -1.36. The Kier molecular flexibility index (Phi) is 5.69. The fourth-order valence-electron chi connectivity index (χ4n) is 1.42. The maximum atomic E-state index is 11.6. The van der Waals surface area contributed by atoms with E-state index in [9.17, 15) is 4.79 Å². The Morgan fingerprint density at radius 3 is 3.00 bits per heavy atom. The summed E-state index contributed by atoms with van der Waals surface area (Å²) in [5.41, 5.74) is 1.30. The highest BCUT2D eigenvalue weighted by Gasteiger charge is 2.14. The van der Waals surface area contributed by atoms with Gasteiger partial charge in [-0.1, -0.05) is 20.3 Å². The summed E-state index contributed by atoms with van der Waals surface area (Å²) in [6.07, 6.45) is 2.80. The van der Waals surface area contributed by atoms with Crippen LogP contribution in [-0.4, -0.2) is 29.3 Å². The van der Waals surface area contributed by atoms with Crippen molar-refractivity contribution in [1.82, 2.24) is 15.5 Å². The number of aromatic nitrogens is 2. The first-order chi connectivity index (χ1) is 8.19. The summed E-state index contributed by atoms with van der Waals surface area (Å²) >= 11 is 0. The summed E-state index contributed by atoms with van der Waals surface area (Å²) in [4.78, 5) is 11.6. The van der Waals surface area contributed by atoms with Gasteiger partial charge in [-0.05, 0) is 19.4 Å². The third kappa shape index (κ3) is 4.19. The monoisotopic (exact) mass is 239 g/mol. The van der Waals surface area contributed by atoms with Crippen molar-refractivity contribution in [2.45, 2.75) is 33.7 Å². The molecule has 0 aliphatic carbocycles. The van der Waals surface area contributed by atoms with Gasteiger partial charge < -0.3 is 10.1 Å². The second-order valence-electron chi connectivity index (χ2n) is 4.14. The molecule has 5 heteroatoms. The molecule has 0 fully saturated rings. The van der Waals surface area contributed by atoms with Crippen molar-refractivity contribution in [3.8, 4) is 0 Å². The molecule has 1 heterocycles. The molecular formula is C12H21N3O2. The van der Waals surface area contributed by atoms with E-state index < -0.39 is 0 Å². The summed E-state index contributed by atoms with van der Waals surface area (Å²) in [6, 6.07) is 0. The fourth-order valence-corrected chi connectivity index (χ4v) is 1.42. The molecule has 0 saturated heterocycles. The van der Waals surface area contributed by atoms with Crippen molar-refractivity contribution >= 4 is 5.97 Å². The first-order valence-corrected chi connectivity index (χ1v) is 6.09. The number of nitrogens with one attached hydrogen (secondary N) is 2. The molecule has 1 aromatic rings. The summed E-state index contributed by atoms with van der Waals surface area (Å²) in [7, 11) is 0. The van der Waals surface area contributed by atoms with E-state index in [0.29, 0.717) is 24.8 Å². The van der Waals surface area contributed by atoms with Crippen LogP contribution in [-0.2, 0) is 11.3 Å². The molecule has 1 atom stereocenters. The lowest BCUT2D eigenvalue weighted by molar-refractivity contribution is 0.0518. The lowest BCUT2D eigenvalue weighted by Gasteiger charge is -2.09. The Morgan fingerprint density at radius 1 is 1.59 bits per heavy atom. The SMILES string of the molecule is CCOC(=O)c1[nH]ncc1CNCC(C)CC. The van der Waals surface area contributed by atoms with Gasteiger partial charge in [0.25, 0.3) is 0 Å². The maximum Gasteiger partial charge on any atom is 0.356 e. The van der Waals surface area contributed by atoms with Gasteiger partial charge in [0.15, 0.2) is 0 Å². The quantitative estimate of drug-likeness (QED) is 0.711. The van der Waals surface area contributed by atoms with Gasteiger partial charge in [0.05, 0.1) is 12.8 Å². The lowest BCUT2D eigenvalue weighted by atomic mass is 10.1. The number of carbonyl (C=O) groups excluding carboxylic acids is 1. The third-order valence-electron chi connectivity index (χ3n) is 2.70. The van der Waals surface area contributed by atoms with E-state index in [4.69, 9.17) is 4.74 Å². The molecule has 1 unspecified atom stereocenters. The van der Waals surface area contributed by atoms with Gasteiger partial charge in [-0.15, -0.1) is 0 Å². The van der Waals surface area contributed by atoms with Gasteiger partial charge >= 0.3 is 5.97 Å². The van der Waals surface area contributed by atoms with E-state index in [1.54, 1.807) is 13.1 Å². The van der Waals surface area contributed by atoms with Crippen molar-refractivity contribution in [2.24, 2.45) is 5.92 Å². The van der Waals surface area contributed by atoms with Gasteiger partial charge in [-0.3, -0.25) is 5.10 Å². The second kappa shape index (κ2) is 7.06. The van der Waals surface area contributed by atoms with Gasteiger partial charge in [-0.25, -0.2) is 4.79 Å². The van der Waals surface area contributed by atoms with E-state index in [0.717, 1.165) is 18.5 Å². The van der Waals surface area contributed by atoms with Crippen molar-refractivity contribution in [3.05, 3.63) is 17.5 Å². The molecular weight excluding hydrogens is 218 g/mol. The zero-order chi connectivity index (χ0) is 12.7. The molecule has 0 spiro atoms. The zero-order valence-electron chi connectivity index (χ0n) is 10.7. The smallest absolute Gasteiger partial charge is 0.356 e. The average Bonchev–Trinajstić information content (AvgIpc) is 2.77. The third-order valence-corrected chi connectivity index (χ3v) is 2.70. The van der Waals surface area contributed by atoms with Crippen molar-refractivity contribution in [2.75, 3.05) is 13.2 Å². The highest BCUT2D eigenvalue weighted by atomic mass is 16.5. The van der Waals surface area contributed by atoms with Crippen LogP contribution >= 0.6 is 0 Å². The Morgan fingerprint density at radius 2 is 2.35 bits per heavy atom. The summed E-state index contributed by atoms with van der Waals surface area (Å²) in [5.74, 6) is 0.290. The van der Waals surface area contributed by atoms with Gasteiger partial charge in [0.1, 0.15) is 5.69 Å². The van der Waals surface area contributed by atoms with Gasteiger partial charge in [0.2, 0.25) is 0 Å². The molecule has 0 aliphatic heterocycles. The number of nitrogens with zero attached hydrogens (tertiary/aromatic N) is 1. The van der Waals surface area contributed by atoms with Crippen molar-refractivity contribution < 1.29 is 9.53 Å². The minimum absolute atomic E-state index is 0.342. The highest BCUT2D eigenvalue weighted by molar-refractivity contribution is 5.88. The molecule has 0 aromatic carbocycles. The minimum Gasteiger partial charge on any atom is -0.461 e. The molecule has 0 amide bonds. The van der Waals surface area contributed by atoms with Crippen molar-refractivity contribution in [3.63, 3.8) is 0 Å². The molecule has 0 aliphatic rings. The normalized spacial score (nSPS) is 12.4. The molecule has 0 saturated carbocycles. The number of ether oxygens (including phenoxy) is 1. The largest absolute Gasteiger partial charge is 0.461 e. The molecule has 0 radical (unpaired) electrons. The average molecular weight is 239 g/mol. The van der Waals surface area contributed by atoms with E-state index in [2.05, 4.69) is 29.4 Å². The Bertz CT molecular complexity index is 349. The fraction of sp³-hybridized carbons (Fsp3) is 0.667. The maximum absolute atomic E-state index is 11.6. The van der Waals surface area contributed by atoms with E-state index in [-0.39, 0.29) is 5.97 Å². The van der Waals surface area contributed by atoms with Crippen LogP contribution in [0.4, 0.5) is 0 Å². The van der Waals surface area contributed by atoms with Crippen molar-refractivity contribution in [1.29, 1.82) is 0 Å². The molecule has 5 nitrogen and oxygen atoms in total. The van der Waals surface area contributed by atoms with E-state index in [1.165, 1.54) is 0 Å². The summed E-state index contributed by atoms with van der Waals surface area (Å²) in [5, 5.41) is 9.86.